The Balaban J connectivity index is 1.49. The maximum Gasteiger partial charge on any atom is 0.0633 e. The monoisotopic (exact) mass is 279 g/mol. The van der Waals surface area contributed by atoms with E-state index >= 15 is 0 Å². The van der Waals surface area contributed by atoms with Crippen LogP contribution >= 0.6 is 0 Å². The van der Waals surface area contributed by atoms with Gasteiger partial charge in [-0.15, -0.1) is 0 Å². The molecule has 21 heavy (non-hydrogen) atoms. The number of hydrogen-bond donors (Lipinski definition) is 0. The van der Waals surface area contributed by atoms with Gasteiger partial charge in [0.15, 0.2) is 0 Å². The van der Waals surface area contributed by atoms with Gasteiger partial charge in [0.05, 0.1) is 5.69 Å². The zero-order chi connectivity index (χ0) is 14.1. The van der Waals surface area contributed by atoms with Crippen LogP contribution in [0.25, 0.3) is 0 Å². The maximum absolute atomic E-state index is 4.26. The van der Waals surface area contributed by atoms with E-state index in [0.29, 0.717) is 12.1 Å². The summed E-state index contributed by atoms with van der Waals surface area (Å²) in [7, 11) is 0. The van der Waals surface area contributed by atoms with Crippen molar-refractivity contribution in [1.29, 1.82) is 0 Å². The van der Waals surface area contributed by atoms with Crippen molar-refractivity contribution in [2.24, 2.45) is 5.92 Å². The lowest BCUT2D eigenvalue weighted by Crippen LogP contribution is -2.43. The van der Waals surface area contributed by atoms with Crippen LogP contribution in [-0.4, -0.2) is 22.3 Å². The van der Waals surface area contributed by atoms with Crippen molar-refractivity contribution < 1.29 is 0 Å². The lowest BCUT2D eigenvalue weighted by molar-refractivity contribution is 0.335. The Kier molecular flexibility index (Phi) is 3.34. The lowest BCUT2D eigenvalue weighted by Gasteiger charge is -2.40. The van der Waals surface area contributed by atoms with Crippen molar-refractivity contribution in [3.63, 3.8) is 0 Å². The first-order valence-electron chi connectivity index (χ1n) is 8.00. The standard InChI is InChI=1S/C18H21N3/c1-2-6-16(7-3-1)21-17-8-9-18(21)13-14(12-17)11-15-5-4-10-19-20-15/h1-7,10,14,17-18H,8-9,11-13H2/t14?,17-,18?/m0/s1. The van der Waals surface area contributed by atoms with Gasteiger partial charge in [0, 0.05) is 24.0 Å². The number of aromatic nitrogens is 2. The average molecular weight is 279 g/mol. The highest BCUT2D eigenvalue weighted by molar-refractivity contribution is 5.50. The Morgan fingerprint density at radius 2 is 1.71 bits per heavy atom. The summed E-state index contributed by atoms with van der Waals surface area (Å²) in [6.45, 7) is 0. The zero-order valence-electron chi connectivity index (χ0n) is 12.2. The van der Waals surface area contributed by atoms with E-state index in [1.165, 1.54) is 31.4 Å². The number of para-hydroxylation sites is 1. The van der Waals surface area contributed by atoms with E-state index in [9.17, 15) is 0 Å². The van der Waals surface area contributed by atoms with Gasteiger partial charge in [0.1, 0.15) is 0 Å². The molecule has 2 aromatic rings. The van der Waals surface area contributed by atoms with E-state index < -0.39 is 0 Å². The molecule has 3 nitrogen and oxygen atoms in total. The lowest BCUT2D eigenvalue weighted by atomic mass is 9.87. The summed E-state index contributed by atoms with van der Waals surface area (Å²) in [5, 5.41) is 8.26. The zero-order valence-corrected chi connectivity index (χ0v) is 12.2. The van der Waals surface area contributed by atoms with E-state index in [-0.39, 0.29) is 0 Å². The van der Waals surface area contributed by atoms with Gasteiger partial charge in [-0.3, -0.25) is 0 Å². The number of hydrogen-bond acceptors (Lipinski definition) is 3. The van der Waals surface area contributed by atoms with Gasteiger partial charge in [-0.2, -0.15) is 10.2 Å². The van der Waals surface area contributed by atoms with Crippen LogP contribution in [0.15, 0.2) is 48.7 Å². The molecule has 3 heterocycles. The highest BCUT2D eigenvalue weighted by Crippen LogP contribution is 2.42. The van der Waals surface area contributed by atoms with Gasteiger partial charge in [-0.1, -0.05) is 18.2 Å². The molecule has 0 aliphatic carbocycles. The number of nitrogens with zero attached hydrogens (tertiary/aromatic N) is 3. The summed E-state index contributed by atoms with van der Waals surface area (Å²) in [4.78, 5) is 2.67. The Morgan fingerprint density at radius 1 is 0.952 bits per heavy atom. The first-order valence-corrected chi connectivity index (χ1v) is 8.00. The summed E-state index contributed by atoms with van der Waals surface area (Å²) in [6.07, 6.45) is 8.12. The van der Waals surface area contributed by atoms with Crippen LogP contribution in [0.1, 0.15) is 31.4 Å². The molecule has 0 amide bonds. The van der Waals surface area contributed by atoms with Crippen LogP contribution in [0, 0.1) is 5.92 Å². The quantitative estimate of drug-likeness (QED) is 0.861. The topological polar surface area (TPSA) is 29.0 Å². The number of piperidine rings is 1. The minimum absolute atomic E-state index is 0.716. The highest BCUT2D eigenvalue weighted by Gasteiger charge is 2.40. The van der Waals surface area contributed by atoms with Crippen LogP contribution in [0.2, 0.25) is 0 Å². The molecule has 3 atom stereocenters. The molecular weight excluding hydrogens is 258 g/mol. The van der Waals surface area contributed by atoms with E-state index in [2.05, 4.69) is 51.5 Å². The number of rotatable bonds is 3. The molecule has 2 bridgehead atoms. The van der Waals surface area contributed by atoms with E-state index in [1.54, 1.807) is 6.20 Å². The normalized spacial score (nSPS) is 27.8. The Labute approximate surface area is 126 Å². The van der Waals surface area contributed by atoms with Crippen LogP contribution in [0.3, 0.4) is 0 Å². The molecule has 3 heteroatoms. The average Bonchev–Trinajstić information content (AvgIpc) is 2.80. The third-order valence-corrected chi connectivity index (χ3v) is 5.01. The molecule has 4 rings (SSSR count). The van der Waals surface area contributed by atoms with Crippen LogP contribution in [0.4, 0.5) is 5.69 Å². The third kappa shape index (κ3) is 2.53. The Morgan fingerprint density at radius 3 is 2.38 bits per heavy atom. The summed E-state index contributed by atoms with van der Waals surface area (Å²) >= 11 is 0. The molecule has 2 unspecified atom stereocenters. The van der Waals surface area contributed by atoms with Crippen molar-refractivity contribution in [2.75, 3.05) is 4.90 Å². The minimum Gasteiger partial charge on any atom is -0.366 e. The van der Waals surface area contributed by atoms with Gasteiger partial charge in [0.25, 0.3) is 0 Å². The van der Waals surface area contributed by atoms with Crippen molar-refractivity contribution in [2.45, 2.75) is 44.2 Å². The van der Waals surface area contributed by atoms with Crippen LogP contribution in [-0.2, 0) is 6.42 Å². The second-order valence-corrected chi connectivity index (χ2v) is 6.38. The molecule has 2 saturated heterocycles. The molecule has 0 N–H and O–H groups in total. The van der Waals surface area contributed by atoms with Gasteiger partial charge < -0.3 is 4.90 Å². The van der Waals surface area contributed by atoms with E-state index in [1.807, 2.05) is 6.07 Å². The van der Waals surface area contributed by atoms with Gasteiger partial charge in [0.2, 0.25) is 0 Å². The predicted molar refractivity (Wildman–Crippen MR) is 84.2 cm³/mol. The van der Waals surface area contributed by atoms with Gasteiger partial charge in [-0.05, 0) is 62.3 Å². The molecular formula is C18H21N3. The first kappa shape index (κ1) is 12.8. The van der Waals surface area contributed by atoms with Crippen molar-refractivity contribution >= 4 is 5.69 Å². The van der Waals surface area contributed by atoms with Gasteiger partial charge in [-0.25, -0.2) is 0 Å². The molecule has 108 valence electrons. The second-order valence-electron chi connectivity index (χ2n) is 6.38. The molecule has 1 aromatic carbocycles. The fourth-order valence-corrected chi connectivity index (χ4v) is 4.22. The maximum atomic E-state index is 4.26. The van der Waals surface area contributed by atoms with Crippen molar-refractivity contribution in [3.05, 3.63) is 54.4 Å². The highest BCUT2D eigenvalue weighted by atomic mass is 15.2. The molecule has 0 saturated carbocycles. The summed E-state index contributed by atoms with van der Waals surface area (Å²) < 4.78 is 0. The van der Waals surface area contributed by atoms with E-state index in [4.69, 9.17) is 0 Å². The molecule has 2 fully saturated rings. The van der Waals surface area contributed by atoms with Gasteiger partial charge >= 0.3 is 0 Å². The second kappa shape index (κ2) is 5.47. The fraction of sp³-hybridized carbons (Fsp3) is 0.444. The number of fused-ring (bicyclic) bond motifs is 2. The number of benzene rings is 1. The first-order chi connectivity index (χ1) is 10.4. The van der Waals surface area contributed by atoms with Crippen LogP contribution < -0.4 is 4.90 Å². The fourth-order valence-electron chi connectivity index (χ4n) is 4.22. The predicted octanol–water partition coefficient (Wildman–Crippen LogP) is 3.47. The molecule has 0 radical (unpaired) electrons. The molecule has 2 aliphatic rings. The Bertz CT molecular complexity index is 570. The van der Waals surface area contributed by atoms with Crippen molar-refractivity contribution in [1.82, 2.24) is 10.2 Å². The molecule has 0 spiro atoms. The van der Waals surface area contributed by atoms with E-state index in [0.717, 1.165) is 18.0 Å². The number of anilines is 1. The van der Waals surface area contributed by atoms with Crippen LogP contribution in [0.5, 0.6) is 0 Å². The SMILES string of the molecule is c1ccc(N2C3CC[C@H]2CC(Cc2cccnn2)C3)cc1. The molecule has 2 aliphatic heterocycles. The van der Waals surface area contributed by atoms with Crippen molar-refractivity contribution in [3.8, 4) is 0 Å². The summed E-state index contributed by atoms with van der Waals surface area (Å²) in [5.74, 6) is 0.763. The largest absolute Gasteiger partial charge is 0.366 e. The Hall–Kier alpha value is -1.90. The summed E-state index contributed by atoms with van der Waals surface area (Å²) in [5.41, 5.74) is 2.55. The smallest absolute Gasteiger partial charge is 0.0633 e. The molecule has 1 aromatic heterocycles. The third-order valence-electron chi connectivity index (χ3n) is 5.01. The summed E-state index contributed by atoms with van der Waals surface area (Å²) in [6, 6.07) is 16.5. The minimum atomic E-state index is 0.716.